The zero-order valence-corrected chi connectivity index (χ0v) is 12.8. The number of fused-ring (bicyclic) bond motifs is 1. The van der Waals surface area contributed by atoms with E-state index in [0.29, 0.717) is 37.3 Å². The van der Waals surface area contributed by atoms with E-state index >= 15 is 0 Å². The molecule has 1 aliphatic rings. The zero-order chi connectivity index (χ0) is 15.7. The lowest BCUT2D eigenvalue weighted by Gasteiger charge is -2.27. The van der Waals surface area contributed by atoms with Gasteiger partial charge >= 0.3 is 0 Å². The second-order valence-electron chi connectivity index (χ2n) is 5.62. The first-order valence-electron chi connectivity index (χ1n) is 7.55. The highest BCUT2D eigenvalue weighted by Gasteiger charge is 2.23. The highest BCUT2D eigenvalue weighted by molar-refractivity contribution is 5.76. The normalized spacial score (nSPS) is 13.8. The fraction of sp³-hybridized carbons (Fsp3) is 0.353. The van der Waals surface area contributed by atoms with Gasteiger partial charge in [0, 0.05) is 24.9 Å². The number of nitrogens with zero attached hydrogens (tertiary/aromatic N) is 2. The summed E-state index contributed by atoms with van der Waals surface area (Å²) < 4.78 is 0. The second-order valence-corrected chi connectivity index (χ2v) is 5.62. The fourth-order valence-corrected chi connectivity index (χ4v) is 2.71. The first kappa shape index (κ1) is 14.5. The van der Waals surface area contributed by atoms with Gasteiger partial charge in [0.2, 0.25) is 5.91 Å². The molecule has 0 bridgehead atoms. The van der Waals surface area contributed by atoms with Crippen LogP contribution in [0.2, 0.25) is 0 Å². The van der Waals surface area contributed by atoms with Crippen molar-refractivity contribution in [2.24, 2.45) is 0 Å². The molecule has 1 amide bonds. The smallest absolute Gasteiger partial charge is 0.256 e. The maximum Gasteiger partial charge on any atom is 0.256 e. The Bertz CT molecular complexity index is 762. The molecule has 0 fully saturated rings. The number of amides is 1. The molecule has 2 heterocycles. The molecule has 0 aliphatic carbocycles. The van der Waals surface area contributed by atoms with Crippen LogP contribution < -0.4 is 5.56 Å². The van der Waals surface area contributed by atoms with Crippen molar-refractivity contribution in [3.63, 3.8) is 0 Å². The molecule has 114 valence electrons. The lowest BCUT2D eigenvalue weighted by molar-refractivity contribution is -0.131. The maximum atomic E-state index is 12.3. The van der Waals surface area contributed by atoms with Crippen molar-refractivity contribution in [1.82, 2.24) is 14.9 Å². The van der Waals surface area contributed by atoms with Gasteiger partial charge in [-0.15, -0.1) is 0 Å². The van der Waals surface area contributed by atoms with E-state index in [0.717, 1.165) is 16.8 Å². The van der Waals surface area contributed by atoms with Crippen LogP contribution in [0.25, 0.3) is 11.4 Å². The minimum atomic E-state index is -0.144. The Hall–Kier alpha value is -2.43. The Labute approximate surface area is 129 Å². The van der Waals surface area contributed by atoms with Crippen molar-refractivity contribution in [2.45, 2.75) is 33.2 Å². The van der Waals surface area contributed by atoms with Crippen LogP contribution in [0.4, 0.5) is 0 Å². The molecule has 2 aromatic rings. The lowest BCUT2D eigenvalue weighted by Crippen LogP contribution is -2.39. The maximum absolute atomic E-state index is 12.3. The monoisotopic (exact) mass is 297 g/mol. The highest BCUT2D eigenvalue weighted by Crippen LogP contribution is 2.19. The van der Waals surface area contributed by atoms with Gasteiger partial charge in [-0.2, -0.15) is 0 Å². The molecule has 1 aromatic carbocycles. The quantitative estimate of drug-likeness (QED) is 0.922. The van der Waals surface area contributed by atoms with Gasteiger partial charge in [-0.05, 0) is 6.92 Å². The van der Waals surface area contributed by atoms with Gasteiger partial charge in [-0.3, -0.25) is 9.59 Å². The van der Waals surface area contributed by atoms with Crippen LogP contribution in [-0.4, -0.2) is 27.3 Å². The summed E-state index contributed by atoms with van der Waals surface area (Å²) in [5.41, 5.74) is 3.34. The van der Waals surface area contributed by atoms with E-state index < -0.39 is 0 Å². The summed E-state index contributed by atoms with van der Waals surface area (Å²) in [4.78, 5) is 33.3. The Morgan fingerprint density at radius 3 is 2.73 bits per heavy atom. The van der Waals surface area contributed by atoms with Gasteiger partial charge in [0.15, 0.2) is 0 Å². The minimum absolute atomic E-state index is 0.0765. The molecule has 1 aromatic heterocycles. The van der Waals surface area contributed by atoms with Crippen molar-refractivity contribution in [3.05, 3.63) is 51.4 Å². The van der Waals surface area contributed by atoms with E-state index in [9.17, 15) is 9.59 Å². The molecule has 0 unspecified atom stereocenters. The van der Waals surface area contributed by atoms with E-state index in [-0.39, 0.29) is 11.5 Å². The third-order valence-electron chi connectivity index (χ3n) is 4.05. The molecule has 0 saturated carbocycles. The molecule has 1 N–H and O–H groups in total. The second kappa shape index (κ2) is 5.75. The summed E-state index contributed by atoms with van der Waals surface area (Å²) in [6.07, 6.45) is 1.09. The molecule has 5 nitrogen and oxygen atoms in total. The van der Waals surface area contributed by atoms with Crippen LogP contribution in [0, 0.1) is 6.92 Å². The largest absolute Gasteiger partial charge is 0.338 e. The van der Waals surface area contributed by atoms with Crippen LogP contribution in [-0.2, 0) is 17.8 Å². The van der Waals surface area contributed by atoms with Crippen LogP contribution in [0.15, 0.2) is 29.1 Å². The molecule has 22 heavy (non-hydrogen) atoms. The summed E-state index contributed by atoms with van der Waals surface area (Å²) in [6, 6.07) is 7.90. The van der Waals surface area contributed by atoms with Gasteiger partial charge in [-0.25, -0.2) is 4.98 Å². The standard InChI is InChI=1S/C17H19N3O2/c1-3-15(21)20-9-8-14-13(10-20)17(22)19-16(18-14)12-6-4-11(2)5-7-12/h4-7H,3,8-10H2,1-2H3,(H,18,19,22). The molecule has 5 heteroatoms. The van der Waals surface area contributed by atoms with E-state index in [1.54, 1.807) is 4.90 Å². The number of aryl methyl sites for hydroxylation is 1. The van der Waals surface area contributed by atoms with Crippen molar-refractivity contribution in [2.75, 3.05) is 6.54 Å². The SMILES string of the molecule is CCC(=O)N1CCc2nc(-c3ccc(C)cc3)[nH]c(=O)c2C1. The molecule has 0 atom stereocenters. The summed E-state index contributed by atoms with van der Waals surface area (Å²) >= 11 is 0. The van der Waals surface area contributed by atoms with Crippen LogP contribution in [0.5, 0.6) is 0 Å². The van der Waals surface area contributed by atoms with E-state index in [1.807, 2.05) is 38.1 Å². The van der Waals surface area contributed by atoms with Crippen molar-refractivity contribution in [3.8, 4) is 11.4 Å². The molecular weight excluding hydrogens is 278 g/mol. The van der Waals surface area contributed by atoms with Crippen molar-refractivity contribution in [1.29, 1.82) is 0 Å². The average molecular weight is 297 g/mol. The Kier molecular flexibility index (Phi) is 3.79. The van der Waals surface area contributed by atoms with Gasteiger partial charge in [0.05, 0.1) is 17.8 Å². The molecular formula is C17H19N3O2. The van der Waals surface area contributed by atoms with Gasteiger partial charge in [-0.1, -0.05) is 36.8 Å². The number of rotatable bonds is 2. The predicted molar refractivity (Wildman–Crippen MR) is 84.4 cm³/mol. The number of carbonyl (C=O) groups excluding carboxylic acids is 1. The molecule has 0 spiro atoms. The topological polar surface area (TPSA) is 66.1 Å². The Morgan fingerprint density at radius 2 is 2.05 bits per heavy atom. The summed E-state index contributed by atoms with van der Waals surface area (Å²) in [5, 5.41) is 0. The van der Waals surface area contributed by atoms with Crippen LogP contribution in [0.1, 0.15) is 30.2 Å². The number of aromatic nitrogens is 2. The number of benzene rings is 1. The van der Waals surface area contributed by atoms with Gasteiger partial charge in [0.1, 0.15) is 5.82 Å². The third-order valence-corrected chi connectivity index (χ3v) is 4.05. The molecule has 0 radical (unpaired) electrons. The number of H-pyrrole nitrogens is 1. The number of aromatic amines is 1. The minimum Gasteiger partial charge on any atom is -0.338 e. The predicted octanol–water partition coefficient (Wildman–Crippen LogP) is 2.04. The van der Waals surface area contributed by atoms with Crippen molar-refractivity contribution < 1.29 is 4.79 Å². The van der Waals surface area contributed by atoms with E-state index in [4.69, 9.17) is 0 Å². The number of nitrogens with one attached hydrogen (secondary N) is 1. The molecule has 3 rings (SSSR count). The number of hydrogen-bond donors (Lipinski definition) is 1. The zero-order valence-electron chi connectivity index (χ0n) is 12.8. The summed E-state index contributed by atoms with van der Waals surface area (Å²) in [5.74, 6) is 0.673. The number of hydrogen-bond acceptors (Lipinski definition) is 3. The van der Waals surface area contributed by atoms with Crippen molar-refractivity contribution >= 4 is 5.91 Å². The van der Waals surface area contributed by atoms with Crippen LogP contribution >= 0.6 is 0 Å². The van der Waals surface area contributed by atoms with Gasteiger partial charge in [0.25, 0.3) is 5.56 Å². The first-order valence-corrected chi connectivity index (χ1v) is 7.55. The Morgan fingerprint density at radius 1 is 1.32 bits per heavy atom. The van der Waals surface area contributed by atoms with Crippen LogP contribution in [0.3, 0.4) is 0 Å². The summed E-state index contributed by atoms with van der Waals surface area (Å²) in [6.45, 7) is 4.84. The fourth-order valence-electron chi connectivity index (χ4n) is 2.71. The first-order chi connectivity index (χ1) is 10.6. The third kappa shape index (κ3) is 2.66. The van der Waals surface area contributed by atoms with Gasteiger partial charge < -0.3 is 9.88 Å². The highest BCUT2D eigenvalue weighted by atomic mass is 16.2. The molecule has 1 aliphatic heterocycles. The number of carbonyl (C=O) groups is 1. The summed E-state index contributed by atoms with van der Waals surface area (Å²) in [7, 11) is 0. The van der Waals surface area contributed by atoms with E-state index in [1.165, 1.54) is 0 Å². The lowest BCUT2D eigenvalue weighted by atomic mass is 10.1. The molecule has 0 saturated heterocycles. The van der Waals surface area contributed by atoms with E-state index in [2.05, 4.69) is 9.97 Å². The Balaban J connectivity index is 1.97. The average Bonchev–Trinajstić information content (AvgIpc) is 2.54.